The van der Waals surface area contributed by atoms with Gasteiger partial charge in [0.2, 0.25) is 5.91 Å². The van der Waals surface area contributed by atoms with Crippen LogP contribution in [0.4, 0.5) is 5.69 Å². The molecule has 2 N–H and O–H groups in total. The summed E-state index contributed by atoms with van der Waals surface area (Å²) in [7, 11) is 0. The number of aromatic amines is 1. The molecule has 1 amide bonds. The van der Waals surface area contributed by atoms with E-state index < -0.39 is 0 Å². The van der Waals surface area contributed by atoms with Crippen LogP contribution in [0.2, 0.25) is 0 Å². The van der Waals surface area contributed by atoms with E-state index in [1.165, 1.54) is 6.92 Å². The minimum Gasteiger partial charge on any atom is -0.346 e. The number of fused-ring (bicyclic) bond motifs is 1. The molecule has 19 heavy (non-hydrogen) atoms. The van der Waals surface area contributed by atoms with Crippen LogP contribution in [0.1, 0.15) is 6.92 Å². The van der Waals surface area contributed by atoms with Gasteiger partial charge in [-0.2, -0.15) is 0 Å². The molecule has 0 unspecified atom stereocenters. The number of hydrogen-bond acceptors (Lipinski definition) is 2. The molecular formula is C15H13N3O. The Morgan fingerprint density at radius 1 is 1.26 bits per heavy atom. The van der Waals surface area contributed by atoms with Crippen molar-refractivity contribution in [1.29, 1.82) is 0 Å². The van der Waals surface area contributed by atoms with Crippen LogP contribution in [-0.2, 0) is 4.79 Å². The molecular weight excluding hydrogens is 238 g/mol. The molecule has 0 saturated carbocycles. The Balaban J connectivity index is 2.09. The summed E-state index contributed by atoms with van der Waals surface area (Å²) in [5.41, 5.74) is 3.78. The monoisotopic (exact) mass is 251 g/mol. The highest BCUT2D eigenvalue weighted by Crippen LogP contribution is 2.29. The van der Waals surface area contributed by atoms with Crippen molar-refractivity contribution in [3.05, 3.63) is 48.8 Å². The number of carbonyl (C=O) groups is 1. The Bertz CT molecular complexity index is 746. The lowest BCUT2D eigenvalue weighted by molar-refractivity contribution is -0.114. The highest BCUT2D eigenvalue weighted by Gasteiger charge is 2.07. The number of benzene rings is 1. The first-order chi connectivity index (χ1) is 9.24. The van der Waals surface area contributed by atoms with Gasteiger partial charge in [0, 0.05) is 36.0 Å². The van der Waals surface area contributed by atoms with E-state index in [0.29, 0.717) is 0 Å². The predicted molar refractivity (Wildman–Crippen MR) is 75.8 cm³/mol. The summed E-state index contributed by atoms with van der Waals surface area (Å²) in [6.45, 7) is 1.50. The van der Waals surface area contributed by atoms with E-state index >= 15 is 0 Å². The second-order valence-corrected chi connectivity index (χ2v) is 4.36. The molecule has 3 aromatic rings. The lowest BCUT2D eigenvalue weighted by atomic mass is 10.1. The van der Waals surface area contributed by atoms with E-state index in [2.05, 4.69) is 15.3 Å². The molecule has 0 bridgehead atoms. The topological polar surface area (TPSA) is 57.8 Å². The maximum Gasteiger partial charge on any atom is 0.221 e. The Morgan fingerprint density at radius 3 is 3.00 bits per heavy atom. The first kappa shape index (κ1) is 11.5. The SMILES string of the molecule is CC(=O)Nc1cccc(-c2c[nH]c3ncccc23)c1. The van der Waals surface area contributed by atoms with E-state index in [9.17, 15) is 4.79 Å². The fraction of sp³-hybridized carbons (Fsp3) is 0.0667. The Hall–Kier alpha value is -2.62. The summed E-state index contributed by atoms with van der Waals surface area (Å²) in [5.74, 6) is -0.0715. The van der Waals surface area contributed by atoms with Crippen molar-refractivity contribution in [3.63, 3.8) is 0 Å². The molecule has 0 atom stereocenters. The standard InChI is InChI=1S/C15H13N3O/c1-10(19)18-12-5-2-4-11(8-12)14-9-17-15-13(14)6-3-7-16-15/h2-9H,1H3,(H,16,17)(H,18,19). The number of anilines is 1. The van der Waals surface area contributed by atoms with Gasteiger partial charge < -0.3 is 10.3 Å². The lowest BCUT2D eigenvalue weighted by Gasteiger charge is -2.05. The van der Waals surface area contributed by atoms with Gasteiger partial charge in [-0.05, 0) is 29.8 Å². The van der Waals surface area contributed by atoms with Crippen molar-refractivity contribution in [2.45, 2.75) is 6.92 Å². The fourth-order valence-electron chi connectivity index (χ4n) is 2.16. The highest BCUT2D eigenvalue weighted by molar-refractivity contribution is 5.95. The predicted octanol–water partition coefficient (Wildman–Crippen LogP) is 3.19. The van der Waals surface area contributed by atoms with Crippen LogP contribution >= 0.6 is 0 Å². The molecule has 0 saturated heterocycles. The Morgan fingerprint density at radius 2 is 2.16 bits per heavy atom. The minimum absolute atomic E-state index is 0.0715. The number of carbonyl (C=O) groups excluding carboxylic acids is 1. The number of hydrogen-bond donors (Lipinski definition) is 2. The first-order valence-electron chi connectivity index (χ1n) is 6.04. The van der Waals surface area contributed by atoms with Crippen molar-refractivity contribution in [2.75, 3.05) is 5.32 Å². The maximum absolute atomic E-state index is 11.1. The number of nitrogens with zero attached hydrogens (tertiary/aromatic N) is 1. The van der Waals surface area contributed by atoms with E-state index in [0.717, 1.165) is 27.8 Å². The average Bonchev–Trinajstić information content (AvgIpc) is 2.82. The zero-order valence-electron chi connectivity index (χ0n) is 10.5. The molecule has 94 valence electrons. The zero-order valence-corrected chi connectivity index (χ0v) is 10.5. The molecule has 2 aromatic heterocycles. The Labute approximate surface area is 110 Å². The molecule has 2 heterocycles. The van der Waals surface area contributed by atoms with Gasteiger partial charge in [0.05, 0.1) is 0 Å². The van der Waals surface area contributed by atoms with Crippen molar-refractivity contribution >= 4 is 22.6 Å². The quantitative estimate of drug-likeness (QED) is 0.734. The third-order valence-electron chi connectivity index (χ3n) is 2.95. The number of amides is 1. The van der Waals surface area contributed by atoms with Gasteiger partial charge in [-0.1, -0.05) is 12.1 Å². The van der Waals surface area contributed by atoms with Crippen molar-refractivity contribution in [1.82, 2.24) is 9.97 Å². The van der Waals surface area contributed by atoms with Gasteiger partial charge in [-0.3, -0.25) is 4.79 Å². The summed E-state index contributed by atoms with van der Waals surface area (Å²) < 4.78 is 0. The molecule has 0 spiro atoms. The van der Waals surface area contributed by atoms with Crippen LogP contribution in [0, 0.1) is 0 Å². The molecule has 0 fully saturated rings. The van der Waals surface area contributed by atoms with Gasteiger partial charge in [0.15, 0.2) is 0 Å². The number of nitrogens with one attached hydrogen (secondary N) is 2. The van der Waals surface area contributed by atoms with E-state index in [1.54, 1.807) is 6.20 Å². The highest BCUT2D eigenvalue weighted by atomic mass is 16.1. The smallest absolute Gasteiger partial charge is 0.221 e. The van der Waals surface area contributed by atoms with Crippen LogP contribution in [0.5, 0.6) is 0 Å². The van der Waals surface area contributed by atoms with E-state index in [1.807, 2.05) is 42.6 Å². The number of pyridine rings is 1. The van der Waals surface area contributed by atoms with E-state index in [4.69, 9.17) is 0 Å². The number of rotatable bonds is 2. The lowest BCUT2D eigenvalue weighted by Crippen LogP contribution is -2.05. The summed E-state index contributed by atoms with van der Waals surface area (Å²) in [5, 5.41) is 3.86. The number of H-pyrrole nitrogens is 1. The molecule has 1 aromatic carbocycles. The van der Waals surface area contributed by atoms with Gasteiger partial charge in [0.25, 0.3) is 0 Å². The van der Waals surface area contributed by atoms with Gasteiger partial charge in [-0.25, -0.2) is 4.98 Å². The van der Waals surface area contributed by atoms with Gasteiger partial charge in [0.1, 0.15) is 5.65 Å². The fourth-order valence-corrected chi connectivity index (χ4v) is 2.16. The first-order valence-corrected chi connectivity index (χ1v) is 6.04. The van der Waals surface area contributed by atoms with Gasteiger partial charge in [-0.15, -0.1) is 0 Å². The van der Waals surface area contributed by atoms with Crippen LogP contribution in [0.25, 0.3) is 22.2 Å². The molecule has 4 heteroatoms. The average molecular weight is 251 g/mol. The molecule has 0 aliphatic carbocycles. The summed E-state index contributed by atoms with van der Waals surface area (Å²) in [6, 6.07) is 11.7. The minimum atomic E-state index is -0.0715. The molecule has 0 aliphatic heterocycles. The summed E-state index contributed by atoms with van der Waals surface area (Å²) >= 11 is 0. The largest absolute Gasteiger partial charge is 0.346 e. The summed E-state index contributed by atoms with van der Waals surface area (Å²) in [4.78, 5) is 18.5. The van der Waals surface area contributed by atoms with Crippen LogP contribution in [-0.4, -0.2) is 15.9 Å². The van der Waals surface area contributed by atoms with Crippen LogP contribution < -0.4 is 5.32 Å². The summed E-state index contributed by atoms with van der Waals surface area (Å²) in [6.07, 6.45) is 3.70. The molecule has 4 nitrogen and oxygen atoms in total. The third-order valence-corrected chi connectivity index (χ3v) is 2.95. The normalized spacial score (nSPS) is 10.6. The molecule has 0 radical (unpaired) electrons. The van der Waals surface area contributed by atoms with Crippen molar-refractivity contribution in [2.24, 2.45) is 0 Å². The maximum atomic E-state index is 11.1. The zero-order chi connectivity index (χ0) is 13.2. The molecule has 0 aliphatic rings. The van der Waals surface area contributed by atoms with Crippen molar-refractivity contribution < 1.29 is 4.79 Å². The van der Waals surface area contributed by atoms with Crippen LogP contribution in [0.3, 0.4) is 0 Å². The Kier molecular flexibility index (Phi) is 2.76. The number of aromatic nitrogens is 2. The van der Waals surface area contributed by atoms with Crippen LogP contribution in [0.15, 0.2) is 48.8 Å². The van der Waals surface area contributed by atoms with Gasteiger partial charge >= 0.3 is 0 Å². The second-order valence-electron chi connectivity index (χ2n) is 4.36. The third kappa shape index (κ3) is 2.20. The second kappa shape index (κ2) is 4.57. The van der Waals surface area contributed by atoms with Crippen molar-refractivity contribution in [3.8, 4) is 11.1 Å². The van der Waals surface area contributed by atoms with E-state index in [-0.39, 0.29) is 5.91 Å². The molecule has 3 rings (SSSR count).